The summed E-state index contributed by atoms with van der Waals surface area (Å²) in [7, 11) is 0. The van der Waals surface area contributed by atoms with Gasteiger partial charge in [-0.25, -0.2) is 4.79 Å². The van der Waals surface area contributed by atoms with Gasteiger partial charge in [0.25, 0.3) is 5.91 Å². The van der Waals surface area contributed by atoms with Crippen molar-refractivity contribution in [3.63, 3.8) is 0 Å². The van der Waals surface area contributed by atoms with Gasteiger partial charge in [0.05, 0.1) is 18.3 Å². The summed E-state index contributed by atoms with van der Waals surface area (Å²) in [6.45, 7) is 3.42. The van der Waals surface area contributed by atoms with Gasteiger partial charge in [-0.15, -0.1) is 0 Å². The molecule has 1 aromatic carbocycles. The maximum Gasteiger partial charge on any atom is 0.328 e. The number of nitrogens with one attached hydrogen (secondary N) is 1. The first kappa shape index (κ1) is 14.8. The topological polar surface area (TPSA) is 84.2 Å². The van der Waals surface area contributed by atoms with Crippen molar-refractivity contribution in [2.75, 3.05) is 0 Å². The van der Waals surface area contributed by atoms with Gasteiger partial charge in [-0.1, -0.05) is 30.3 Å². The number of hydrogen-bond acceptors (Lipinski definition) is 3. The number of aliphatic carboxylic acids is 1. The highest BCUT2D eigenvalue weighted by molar-refractivity contribution is 5.97. The number of rotatable bonds is 5. The highest BCUT2D eigenvalue weighted by atomic mass is 16.4. The fourth-order valence-electron chi connectivity index (χ4n) is 1.75. The van der Waals surface area contributed by atoms with E-state index in [9.17, 15) is 9.59 Å². The molecule has 2 N–H and O–H groups in total. The first-order valence-electron chi connectivity index (χ1n) is 6.51. The average molecular weight is 287 g/mol. The maximum absolute atomic E-state index is 12.0. The number of benzene rings is 1. The van der Waals surface area contributed by atoms with Crippen LogP contribution in [0.4, 0.5) is 0 Å². The van der Waals surface area contributed by atoms with E-state index in [4.69, 9.17) is 5.11 Å². The molecular formula is C15H17N3O3. The molecule has 110 valence electrons. The molecule has 0 bridgehead atoms. The number of carboxylic acid groups (broad SMARTS) is 1. The number of aromatic nitrogens is 2. The van der Waals surface area contributed by atoms with Crippen LogP contribution in [-0.2, 0) is 11.3 Å². The van der Waals surface area contributed by atoms with Crippen LogP contribution < -0.4 is 5.32 Å². The van der Waals surface area contributed by atoms with Crippen LogP contribution in [-0.4, -0.2) is 32.3 Å². The van der Waals surface area contributed by atoms with Crippen molar-refractivity contribution in [2.45, 2.75) is 25.9 Å². The molecule has 6 heteroatoms. The monoisotopic (exact) mass is 287 g/mol. The summed E-state index contributed by atoms with van der Waals surface area (Å²) in [6.07, 6.45) is 3.02. The number of carbonyl (C=O) groups excluding carboxylic acids is 1. The van der Waals surface area contributed by atoms with Crippen LogP contribution in [0.2, 0.25) is 0 Å². The lowest BCUT2D eigenvalue weighted by atomic mass is 10.1. The average Bonchev–Trinajstić information content (AvgIpc) is 2.88. The second kappa shape index (κ2) is 5.78. The summed E-state index contributed by atoms with van der Waals surface area (Å²) in [6, 6.07) is 9.73. The summed E-state index contributed by atoms with van der Waals surface area (Å²) < 4.78 is 1.64. The zero-order valence-corrected chi connectivity index (χ0v) is 11.9. The van der Waals surface area contributed by atoms with E-state index >= 15 is 0 Å². The number of nitrogens with zero attached hydrogens (tertiary/aromatic N) is 2. The molecule has 0 saturated carbocycles. The molecule has 2 aromatic rings. The SMILES string of the molecule is CC(C)(NC(=O)c1cnn(Cc2ccccc2)c1)C(=O)O. The normalized spacial score (nSPS) is 11.1. The van der Waals surface area contributed by atoms with Crippen molar-refractivity contribution in [2.24, 2.45) is 0 Å². The Morgan fingerprint density at radius 2 is 1.95 bits per heavy atom. The van der Waals surface area contributed by atoms with Crippen molar-refractivity contribution < 1.29 is 14.7 Å². The summed E-state index contributed by atoms with van der Waals surface area (Å²) in [5, 5.41) is 15.6. The van der Waals surface area contributed by atoms with Crippen LogP contribution in [0.3, 0.4) is 0 Å². The molecule has 2 rings (SSSR count). The van der Waals surface area contributed by atoms with E-state index in [0.29, 0.717) is 12.1 Å². The van der Waals surface area contributed by atoms with Crippen molar-refractivity contribution in [1.82, 2.24) is 15.1 Å². The fraction of sp³-hybridized carbons (Fsp3) is 0.267. The van der Waals surface area contributed by atoms with Crippen molar-refractivity contribution in [3.05, 3.63) is 53.9 Å². The quantitative estimate of drug-likeness (QED) is 0.873. The lowest BCUT2D eigenvalue weighted by Crippen LogP contribution is -2.49. The van der Waals surface area contributed by atoms with Gasteiger partial charge in [0, 0.05) is 6.20 Å². The summed E-state index contributed by atoms with van der Waals surface area (Å²) in [5.74, 6) is -1.55. The molecule has 1 aromatic heterocycles. The zero-order chi connectivity index (χ0) is 15.5. The minimum Gasteiger partial charge on any atom is -0.480 e. The Morgan fingerprint density at radius 3 is 2.57 bits per heavy atom. The first-order valence-corrected chi connectivity index (χ1v) is 6.51. The van der Waals surface area contributed by atoms with Gasteiger partial charge in [-0.2, -0.15) is 5.10 Å². The van der Waals surface area contributed by atoms with E-state index < -0.39 is 17.4 Å². The smallest absolute Gasteiger partial charge is 0.328 e. The zero-order valence-electron chi connectivity index (χ0n) is 11.9. The third kappa shape index (κ3) is 3.68. The molecular weight excluding hydrogens is 270 g/mol. The summed E-state index contributed by atoms with van der Waals surface area (Å²) in [5.41, 5.74) is 0.0807. The molecule has 0 saturated heterocycles. The van der Waals surface area contributed by atoms with E-state index in [1.54, 1.807) is 10.9 Å². The Balaban J connectivity index is 2.06. The standard InChI is InChI=1S/C15H17N3O3/c1-15(2,14(20)21)17-13(19)12-8-16-18(10-12)9-11-6-4-3-5-7-11/h3-8,10H,9H2,1-2H3,(H,17,19)(H,20,21). The van der Waals surface area contributed by atoms with E-state index in [1.807, 2.05) is 30.3 Å². The van der Waals surface area contributed by atoms with Crippen LogP contribution in [0.15, 0.2) is 42.7 Å². The molecule has 0 fully saturated rings. The summed E-state index contributed by atoms with van der Waals surface area (Å²) in [4.78, 5) is 23.0. The van der Waals surface area contributed by atoms with E-state index in [-0.39, 0.29) is 0 Å². The highest BCUT2D eigenvalue weighted by Gasteiger charge is 2.29. The van der Waals surface area contributed by atoms with Gasteiger partial charge in [-0.3, -0.25) is 9.48 Å². The highest BCUT2D eigenvalue weighted by Crippen LogP contribution is 2.07. The first-order chi connectivity index (χ1) is 9.88. The summed E-state index contributed by atoms with van der Waals surface area (Å²) >= 11 is 0. The largest absolute Gasteiger partial charge is 0.480 e. The Kier molecular flexibility index (Phi) is 4.07. The third-order valence-electron chi connectivity index (χ3n) is 3.04. The molecule has 1 amide bonds. The van der Waals surface area contributed by atoms with E-state index in [2.05, 4.69) is 10.4 Å². The van der Waals surface area contributed by atoms with Crippen LogP contribution in [0.5, 0.6) is 0 Å². The van der Waals surface area contributed by atoms with Crippen LogP contribution in [0.25, 0.3) is 0 Å². The molecule has 0 aliphatic rings. The second-order valence-electron chi connectivity index (χ2n) is 5.30. The van der Waals surface area contributed by atoms with Gasteiger partial charge in [-0.05, 0) is 19.4 Å². The predicted octanol–water partition coefficient (Wildman–Crippen LogP) is 1.52. The lowest BCUT2D eigenvalue weighted by molar-refractivity contribution is -0.143. The molecule has 6 nitrogen and oxygen atoms in total. The van der Waals surface area contributed by atoms with Crippen LogP contribution in [0.1, 0.15) is 29.8 Å². The number of carboxylic acids is 1. The van der Waals surface area contributed by atoms with Crippen molar-refractivity contribution in [1.29, 1.82) is 0 Å². The Labute approximate surface area is 122 Å². The fourth-order valence-corrected chi connectivity index (χ4v) is 1.75. The molecule has 21 heavy (non-hydrogen) atoms. The molecule has 0 aliphatic heterocycles. The minimum absolute atomic E-state index is 0.334. The molecule has 0 spiro atoms. The molecule has 1 heterocycles. The molecule has 0 radical (unpaired) electrons. The van der Waals surface area contributed by atoms with Gasteiger partial charge in [0.2, 0.25) is 0 Å². The maximum atomic E-state index is 12.0. The van der Waals surface area contributed by atoms with Gasteiger partial charge in [0.15, 0.2) is 0 Å². The van der Waals surface area contributed by atoms with Crippen molar-refractivity contribution in [3.8, 4) is 0 Å². The van der Waals surface area contributed by atoms with Crippen molar-refractivity contribution >= 4 is 11.9 Å². The number of carbonyl (C=O) groups is 2. The van der Waals surface area contributed by atoms with Gasteiger partial charge >= 0.3 is 5.97 Å². The number of amides is 1. The van der Waals surface area contributed by atoms with Crippen LogP contribution in [0, 0.1) is 0 Å². The predicted molar refractivity (Wildman–Crippen MR) is 77.0 cm³/mol. The number of hydrogen-bond donors (Lipinski definition) is 2. The molecule has 0 unspecified atom stereocenters. The van der Waals surface area contributed by atoms with E-state index in [1.165, 1.54) is 20.0 Å². The Morgan fingerprint density at radius 1 is 1.29 bits per heavy atom. The molecule has 0 aliphatic carbocycles. The van der Waals surface area contributed by atoms with Gasteiger partial charge in [0.1, 0.15) is 5.54 Å². The second-order valence-corrected chi connectivity index (χ2v) is 5.30. The molecule has 0 atom stereocenters. The van der Waals surface area contributed by atoms with Crippen LogP contribution >= 0.6 is 0 Å². The third-order valence-corrected chi connectivity index (χ3v) is 3.04. The van der Waals surface area contributed by atoms with E-state index in [0.717, 1.165) is 5.56 Å². The lowest BCUT2D eigenvalue weighted by Gasteiger charge is -2.20. The van der Waals surface area contributed by atoms with Gasteiger partial charge < -0.3 is 10.4 Å². The minimum atomic E-state index is -1.32. The Bertz CT molecular complexity index is 647. The Hall–Kier alpha value is -2.63.